The lowest BCUT2D eigenvalue weighted by atomic mass is 10.5. The minimum absolute atomic E-state index is 0. The van der Waals surface area contributed by atoms with Crippen molar-refractivity contribution >= 4 is 10.3 Å². The van der Waals surface area contributed by atoms with E-state index in [2.05, 4.69) is 0 Å². The molecule has 1 heterocycles. The van der Waals surface area contributed by atoms with Gasteiger partial charge >= 0.3 is 10.3 Å². The van der Waals surface area contributed by atoms with Crippen molar-refractivity contribution in [3.8, 4) is 0 Å². The van der Waals surface area contributed by atoms with Gasteiger partial charge in [-0.15, -0.1) is 8.42 Å². The second-order valence-corrected chi connectivity index (χ2v) is 3.00. The Morgan fingerprint density at radius 2 is 1.55 bits per heavy atom. The molecule has 11 heavy (non-hydrogen) atoms. The highest BCUT2D eigenvalue weighted by atomic mass is 35.5. The molecule has 6 heteroatoms. The third kappa shape index (κ3) is 2.83. The molecule has 0 atom stereocenters. The van der Waals surface area contributed by atoms with Crippen molar-refractivity contribution in [2.24, 2.45) is 0 Å². The first-order valence-corrected chi connectivity index (χ1v) is 3.95. The lowest BCUT2D eigenvalue weighted by molar-refractivity contribution is -0.519. The van der Waals surface area contributed by atoms with Gasteiger partial charge in [0.1, 0.15) is 0 Å². The van der Waals surface area contributed by atoms with Crippen molar-refractivity contribution in [2.45, 2.75) is 0 Å². The van der Waals surface area contributed by atoms with Gasteiger partial charge in [-0.3, -0.25) is 0 Å². The van der Waals surface area contributed by atoms with Crippen LogP contribution in [0.1, 0.15) is 0 Å². The molecule has 0 spiro atoms. The molecule has 0 saturated carbocycles. The smallest absolute Gasteiger partial charge is 0.511 e. The predicted molar refractivity (Wildman–Crippen MR) is 33.6 cm³/mol. The molecule has 0 unspecified atom stereocenters. The third-order valence-corrected chi connectivity index (χ3v) is 1.73. The Morgan fingerprint density at radius 3 is 1.82 bits per heavy atom. The van der Waals surface area contributed by atoms with Gasteiger partial charge in [-0.25, -0.2) is 4.55 Å². The Labute approximate surface area is 70.8 Å². The van der Waals surface area contributed by atoms with Crippen LogP contribution in [0.25, 0.3) is 0 Å². The Balaban J connectivity index is 0.000001000. The fraction of sp³-hybridized carbons (Fsp3) is 0. The molecule has 0 aliphatic heterocycles. The summed E-state index contributed by atoms with van der Waals surface area (Å²) in [7, 11) is -4.09. The highest BCUT2D eigenvalue weighted by molar-refractivity contribution is 7.79. The summed E-state index contributed by atoms with van der Waals surface area (Å²) in [4.78, 5) is 0. The minimum Gasteiger partial charge on any atom is -1.00 e. The SMILES string of the molecule is O=S(=O)(O)[n+]1ccccc1.[Cl-]. The first-order valence-electron chi connectivity index (χ1n) is 2.55. The van der Waals surface area contributed by atoms with Gasteiger partial charge in [0.2, 0.25) is 0 Å². The van der Waals surface area contributed by atoms with Crippen LogP contribution in [0.2, 0.25) is 0 Å². The van der Waals surface area contributed by atoms with E-state index in [4.69, 9.17) is 4.55 Å². The number of hydrogen-bond acceptors (Lipinski definition) is 2. The average molecular weight is 196 g/mol. The number of pyridine rings is 1. The largest absolute Gasteiger partial charge is 1.00 e. The summed E-state index contributed by atoms with van der Waals surface area (Å²) in [6.07, 6.45) is 2.49. The van der Waals surface area contributed by atoms with Crippen molar-refractivity contribution in [1.82, 2.24) is 0 Å². The van der Waals surface area contributed by atoms with Crippen LogP contribution in [-0.2, 0) is 10.3 Å². The molecule has 4 nitrogen and oxygen atoms in total. The van der Waals surface area contributed by atoms with Crippen LogP contribution in [0.4, 0.5) is 0 Å². The summed E-state index contributed by atoms with van der Waals surface area (Å²) in [5.41, 5.74) is 0. The number of hydrogen-bond donors (Lipinski definition) is 1. The lowest BCUT2D eigenvalue weighted by Gasteiger charge is -1.85. The standard InChI is InChI=1S/C5H5NO3S.ClH/c7-10(8,9)6-4-2-1-3-5-6;/h1-5H;1H. The molecular weight excluding hydrogens is 190 g/mol. The van der Waals surface area contributed by atoms with Gasteiger partial charge < -0.3 is 12.4 Å². The van der Waals surface area contributed by atoms with Crippen molar-refractivity contribution < 1.29 is 29.3 Å². The molecule has 0 radical (unpaired) electrons. The number of rotatable bonds is 1. The Kier molecular flexibility index (Phi) is 3.44. The van der Waals surface area contributed by atoms with Gasteiger partial charge in [-0.05, 0) is 0 Å². The van der Waals surface area contributed by atoms with Crippen molar-refractivity contribution in [2.75, 3.05) is 0 Å². The predicted octanol–water partition coefficient (Wildman–Crippen LogP) is -3.37. The Hall–Kier alpha value is -0.650. The van der Waals surface area contributed by atoms with Gasteiger partial charge in [-0.1, -0.05) is 10.0 Å². The van der Waals surface area contributed by atoms with Gasteiger partial charge in [0.15, 0.2) is 12.4 Å². The van der Waals surface area contributed by atoms with Crippen LogP contribution in [0, 0.1) is 0 Å². The van der Waals surface area contributed by atoms with Gasteiger partial charge in [-0.2, -0.15) is 0 Å². The maximum absolute atomic E-state index is 10.4. The molecule has 0 aliphatic carbocycles. The van der Waals surface area contributed by atoms with Gasteiger partial charge in [0, 0.05) is 12.1 Å². The molecule has 0 aliphatic rings. The van der Waals surface area contributed by atoms with E-state index in [9.17, 15) is 8.42 Å². The second kappa shape index (κ2) is 3.66. The maximum Gasteiger partial charge on any atom is 0.511 e. The minimum atomic E-state index is -4.09. The Bertz CT molecular complexity index is 310. The average Bonchev–Trinajstić information content (AvgIpc) is 1.88. The summed E-state index contributed by atoms with van der Waals surface area (Å²) in [5.74, 6) is 0. The van der Waals surface area contributed by atoms with E-state index in [-0.39, 0.29) is 12.4 Å². The molecule has 62 valence electrons. The van der Waals surface area contributed by atoms with Crippen molar-refractivity contribution in [3.05, 3.63) is 30.6 Å². The highest BCUT2D eigenvalue weighted by Gasteiger charge is 2.14. The van der Waals surface area contributed by atoms with E-state index in [0.29, 0.717) is 3.97 Å². The zero-order valence-corrected chi connectivity index (χ0v) is 6.96. The third-order valence-electron chi connectivity index (χ3n) is 0.955. The van der Waals surface area contributed by atoms with Gasteiger partial charge in [0.05, 0.1) is 0 Å². The first-order chi connectivity index (χ1) is 4.61. The lowest BCUT2D eigenvalue weighted by Crippen LogP contribution is -3.00. The molecule has 1 aromatic heterocycles. The molecule has 0 bridgehead atoms. The van der Waals surface area contributed by atoms with Crippen LogP contribution in [0.5, 0.6) is 0 Å². The maximum atomic E-state index is 10.4. The molecule has 0 fully saturated rings. The molecule has 0 saturated heterocycles. The van der Waals surface area contributed by atoms with Crippen molar-refractivity contribution in [1.29, 1.82) is 0 Å². The number of nitrogens with zero attached hydrogens (tertiary/aromatic N) is 1. The van der Waals surface area contributed by atoms with E-state index >= 15 is 0 Å². The summed E-state index contributed by atoms with van der Waals surface area (Å²) >= 11 is 0. The molecule has 1 N–H and O–H groups in total. The van der Waals surface area contributed by atoms with E-state index in [1.165, 1.54) is 24.5 Å². The van der Waals surface area contributed by atoms with E-state index in [1.807, 2.05) is 0 Å². The first kappa shape index (κ1) is 10.3. The van der Waals surface area contributed by atoms with E-state index in [0.717, 1.165) is 0 Å². The van der Waals surface area contributed by atoms with Crippen LogP contribution in [0.15, 0.2) is 30.6 Å². The van der Waals surface area contributed by atoms with Crippen LogP contribution < -0.4 is 16.4 Å². The zero-order valence-electron chi connectivity index (χ0n) is 5.38. The topological polar surface area (TPSA) is 58.3 Å². The van der Waals surface area contributed by atoms with Crippen LogP contribution >= 0.6 is 0 Å². The number of halogens is 1. The van der Waals surface area contributed by atoms with E-state index < -0.39 is 10.3 Å². The summed E-state index contributed by atoms with van der Waals surface area (Å²) in [5, 5.41) is 0. The fourth-order valence-corrected chi connectivity index (χ4v) is 0.985. The summed E-state index contributed by atoms with van der Waals surface area (Å²) in [6, 6.07) is 4.67. The zero-order chi connectivity index (χ0) is 7.61. The van der Waals surface area contributed by atoms with Gasteiger partial charge in [0.25, 0.3) is 0 Å². The number of aromatic nitrogens is 1. The monoisotopic (exact) mass is 195 g/mol. The second-order valence-electron chi connectivity index (χ2n) is 1.68. The Morgan fingerprint density at radius 1 is 1.09 bits per heavy atom. The summed E-state index contributed by atoms with van der Waals surface area (Å²) in [6.45, 7) is 0. The molecule has 0 aromatic carbocycles. The summed E-state index contributed by atoms with van der Waals surface area (Å²) < 4.78 is 29.8. The van der Waals surface area contributed by atoms with Crippen LogP contribution in [0.3, 0.4) is 0 Å². The molecular formula is C5H6ClNO3S. The van der Waals surface area contributed by atoms with Crippen molar-refractivity contribution in [3.63, 3.8) is 0 Å². The normalized spacial score (nSPS) is 10.3. The molecule has 1 aromatic rings. The van der Waals surface area contributed by atoms with Crippen LogP contribution in [-0.4, -0.2) is 13.0 Å². The molecule has 0 amide bonds. The highest BCUT2D eigenvalue weighted by Crippen LogP contribution is 1.79. The van der Waals surface area contributed by atoms with E-state index in [1.54, 1.807) is 6.07 Å². The quantitative estimate of drug-likeness (QED) is 0.376. The fourth-order valence-electron chi connectivity index (χ4n) is 0.537. The molecule has 1 rings (SSSR count).